The van der Waals surface area contributed by atoms with E-state index in [0.717, 1.165) is 17.7 Å². The van der Waals surface area contributed by atoms with Crippen molar-refractivity contribution in [3.8, 4) is 0 Å². The summed E-state index contributed by atoms with van der Waals surface area (Å²) in [5, 5.41) is 10.5. The maximum Gasteiger partial charge on any atom is 0.163 e. The Bertz CT molecular complexity index is 737. The highest BCUT2D eigenvalue weighted by molar-refractivity contribution is 9.10. The van der Waals surface area contributed by atoms with Gasteiger partial charge in [-0.25, -0.2) is 8.78 Å². The number of nitrogens with two attached hydrogens (primary N) is 1. The van der Waals surface area contributed by atoms with Crippen LogP contribution in [0.4, 0.5) is 20.3 Å². The summed E-state index contributed by atoms with van der Waals surface area (Å²) in [4.78, 5) is 0.103. The fourth-order valence-electron chi connectivity index (χ4n) is 1.74. The topological polar surface area (TPSA) is 63.8 Å². The highest BCUT2D eigenvalue weighted by atomic mass is 79.9. The molecule has 0 spiro atoms. The zero-order valence-electron chi connectivity index (χ0n) is 11.2. The Kier molecular flexibility index (Phi) is 4.48. The molecule has 8 heteroatoms. The fourth-order valence-corrected chi connectivity index (χ4v) is 2.31. The van der Waals surface area contributed by atoms with E-state index in [0.29, 0.717) is 11.3 Å². The van der Waals surface area contributed by atoms with E-state index < -0.39 is 11.6 Å². The highest BCUT2D eigenvalue weighted by Gasteiger charge is 2.16. The number of aryl methyl sites for hydroxylation is 1. The maximum absolute atomic E-state index is 13.9. The lowest BCUT2D eigenvalue weighted by atomic mass is 10.1. The molecule has 2 rings (SSSR count). The third kappa shape index (κ3) is 3.16. The van der Waals surface area contributed by atoms with Crippen LogP contribution in [0.5, 0.6) is 0 Å². The number of halogens is 3. The second-order valence-electron chi connectivity index (χ2n) is 4.37. The van der Waals surface area contributed by atoms with Crippen molar-refractivity contribution in [1.29, 1.82) is 0 Å². The zero-order chi connectivity index (χ0) is 15.7. The van der Waals surface area contributed by atoms with Crippen molar-refractivity contribution in [3.05, 3.63) is 45.1 Å². The van der Waals surface area contributed by atoms with Crippen LogP contribution in [0.2, 0.25) is 0 Å². The molecule has 0 radical (unpaired) electrons. The molecule has 4 nitrogen and oxygen atoms in total. The van der Waals surface area contributed by atoms with Gasteiger partial charge in [0.05, 0.1) is 21.4 Å². The van der Waals surface area contributed by atoms with Gasteiger partial charge in [0.2, 0.25) is 0 Å². The van der Waals surface area contributed by atoms with Gasteiger partial charge in [0.15, 0.2) is 5.82 Å². The molecule has 3 N–H and O–H groups in total. The minimum atomic E-state index is -0.641. The van der Waals surface area contributed by atoms with Crippen LogP contribution in [0.15, 0.2) is 16.6 Å². The van der Waals surface area contributed by atoms with Gasteiger partial charge in [-0.3, -0.25) is 0 Å². The molecule has 0 aliphatic carbocycles. The molecule has 0 unspecified atom stereocenters. The quantitative estimate of drug-likeness (QED) is 0.637. The summed E-state index contributed by atoms with van der Waals surface area (Å²) in [6, 6.07) is 2.03. The first-order valence-corrected chi connectivity index (χ1v) is 7.06. The van der Waals surface area contributed by atoms with Crippen molar-refractivity contribution >= 4 is 44.6 Å². The monoisotopic (exact) mass is 372 g/mol. The second kappa shape index (κ2) is 5.98. The summed E-state index contributed by atoms with van der Waals surface area (Å²) in [5.41, 5.74) is 7.45. The molecule has 1 aromatic heterocycles. The molecule has 0 aliphatic heterocycles. The van der Waals surface area contributed by atoms with Crippen molar-refractivity contribution in [2.45, 2.75) is 13.8 Å². The van der Waals surface area contributed by atoms with E-state index >= 15 is 0 Å². The molecule has 0 atom stereocenters. The van der Waals surface area contributed by atoms with Crippen LogP contribution in [0.25, 0.3) is 0 Å². The molecule has 0 amide bonds. The van der Waals surface area contributed by atoms with E-state index in [4.69, 9.17) is 18.0 Å². The van der Waals surface area contributed by atoms with Gasteiger partial charge in [0.25, 0.3) is 0 Å². The highest BCUT2D eigenvalue weighted by Crippen LogP contribution is 2.27. The van der Waals surface area contributed by atoms with Crippen molar-refractivity contribution in [2.24, 2.45) is 5.73 Å². The van der Waals surface area contributed by atoms with Crippen molar-refractivity contribution in [2.75, 3.05) is 5.32 Å². The minimum Gasteiger partial charge on any atom is -0.389 e. The number of benzene rings is 1. The van der Waals surface area contributed by atoms with E-state index in [1.165, 1.54) is 0 Å². The lowest BCUT2D eigenvalue weighted by molar-refractivity contribution is 0.597. The summed E-state index contributed by atoms with van der Waals surface area (Å²) in [7, 11) is 0. The van der Waals surface area contributed by atoms with Gasteiger partial charge in [-0.15, -0.1) is 5.10 Å². The number of nitrogens with one attached hydrogen (secondary N) is 1. The van der Waals surface area contributed by atoms with Crippen LogP contribution in [-0.4, -0.2) is 15.2 Å². The normalized spacial score (nSPS) is 10.5. The van der Waals surface area contributed by atoms with Crippen LogP contribution in [0, 0.1) is 25.5 Å². The second-order valence-corrected chi connectivity index (χ2v) is 5.66. The number of aromatic nitrogens is 2. The number of nitrogens with zero attached hydrogens (tertiary/aromatic N) is 2. The van der Waals surface area contributed by atoms with E-state index in [9.17, 15) is 8.78 Å². The maximum atomic E-state index is 13.9. The van der Waals surface area contributed by atoms with Crippen LogP contribution >= 0.6 is 28.1 Å². The SMILES string of the molecule is Cc1nnc(Nc2cc(F)c(Br)cc2F)c(C(N)=S)c1C. The number of thiocarbonyl (C=S) groups is 1. The smallest absolute Gasteiger partial charge is 0.163 e. The Morgan fingerprint density at radius 3 is 2.52 bits per heavy atom. The summed E-state index contributed by atoms with van der Waals surface area (Å²) in [5.74, 6) is -1.06. The standard InChI is InChI=1S/C13H11BrF2N4S/c1-5-6(2)19-20-13(11(5)12(17)21)18-10-4-8(15)7(14)3-9(10)16/h3-4H,1-2H3,(H2,17,21)(H,18,20). The molecule has 110 valence electrons. The molecular formula is C13H11BrF2N4S. The summed E-state index contributed by atoms with van der Waals surface area (Å²) >= 11 is 7.90. The number of hydrogen-bond acceptors (Lipinski definition) is 4. The van der Waals surface area contributed by atoms with Gasteiger partial charge in [-0.05, 0) is 41.4 Å². The third-order valence-corrected chi connectivity index (χ3v) is 3.78. The average molecular weight is 373 g/mol. The van der Waals surface area contributed by atoms with Crippen molar-refractivity contribution in [3.63, 3.8) is 0 Å². The minimum absolute atomic E-state index is 0.0336. The Labute approximate surface area is 133 Å². The molecule has 0 bridgehead atoms. The first-order chi connectivity index (χ1) is 9.81. The van der Waals surface area contributed by atoms with Crippen molar-refractivity contribution in [1.82, 2.24) is 10.2 Å². The molecule has 2 aromatic rings. The molecular weight excluding hydrogens is 362 g/mol. The van der Waals surface area contributed by atoms with Crippen LogP contribution in [0.1, 0.15) is 16.8 Å². The molecule has 1 aromatic carbocycles. The number of rotatable bonds is 3. The van der Waals surface area contributed by atoms with Gasteiger partial charge in [0.1, 0.15) is 16.6 Å². The molecule has 0 saturated heterocycles. The van der Waals surface area contributed by atoms with E-state index in [2.05, 4.69) is 31.4 Å². The summed E-state index contributed by atoms with van der Waals surface area (Å²) < 4.78 is 27.4. The average Bonchev–Trinajstić information content (AvgIpc) is 2.40. The number of anilines is 2. The third-order valence-electron chi connectivity index (χ3n) is 2.96. The molecule has 0 aliphatic rings. The Balaban J connectivity index is 2.52. The van der Waals surface area contributed by atoms with Crippen LogP contribution in [0.3, 0.4) is 0 Å². The molecule has 0 saturated carbocycles. The van der Waals surface area contributed by atoms with E-state index in [1.807, 2.05) is 0 Å². The predicted octanol–water partition coefficient (Wildman–Crippen LogP) is 3.51. The first kappa shape index (κ1) is 15.7. The van der Waals surface area contributed by atoms with Crippen LogP contribution < -0.4 is 11.1 Å². The van der Waals surface area contributed by atoms with Gasteiger partial charge in [-0.2, -0.15) is 5.10 Å². The molecule has 0 fully saturated rings. The van der Waals surface area contributed by atoms with E-state index in [1.54, 1.807) is 13.8 Å². The first-order valence-electron chi connectivity index (χ1n) is 5.86. The molecule has 21 heavy (non-hydrogen) atoms. The largest absolute Gasteiger partial charge is 0.389 e. The fraction of sp³-hybridized carbons (Fsp3) is 0.154. The van der Waals surface area contributed by atoms with Crippen LogP contribution in [-0.2, 0) is 0 Å². The number of hydrogen-bond donors (Lipinski definition) is 2. The van der Waals surface area contributed by atoms with Gasteiger partial charge < -0.3 is 11.1 Å². The lowest BCUT2D eigenvalue weighted by Gasteiger charge is -2.14. The predicted molar refractivity (Wildman–Crippen MR) is 84.7 cm³/mol. The summed E-state index contributed by atoms with van der Waals surface area (Å²) in [6.45, 7) is 3.54. The van der Waals surface area contributed by atoms with Gasteiger partial charge in [-0.1, -0.05) is 12.2 Å². The van der Waals surface area contributed by atoms with E-state index in [-0.39, 0.29) is 21.0 Å². The Morgan fingerprint density at radius 1 is 1.24 bits per heavy atom. The van der Waals surface area contributed by atoms with Crippen molar-refractivity contribution < 1.29 is 8.78 Å². The zero-order valence-corrected chi connectivity index (χ0v) is 13.6. The Hall–Kier alpha value is -1.67. The lowest BCUT2D eigenvalue weighted by Crippen LogP contribution is -2.17. The summed E-state index contributed by atoms with van der Waals surface area (Å²) in [6.07, 6.45) is 0. The Morgan fingerprint density at radius 2 is 1.90 bits per heavy atom. The molecule has 1 heterocycles. The van der Waals surface area contributed by atoms with Gasteiger partial charge >= 0.3 is 0 Å². The van der Waals surface area contributed by atoms with Gasteiger partial charge in [0, 0.05) is 6.07 Å².